The van der Waals surface area contributed by atoms with E-state index in [1.807, 2.05) is 78.6 Å². The molecule has 2 heterocycles. The SMILES string of the molecule is COc1cc(-c2cccc(-c3cccc4c3cnn4Cc3cc(OCC(=O)O)c(CN(C)C[C@H]4CC[C@H](C(=O)O)CC4)cc3Cl)c2Cl)ccc1CNC[C@@H]1CCC(=O)N1. The minimum Gasteiger partial charge on any atom is -0.496 e. The first-order valence-electron chi connectivity index (χ1n) is 19.9. The molecule has 1 atom stereocenters. The van der Waals surface area contributed by atoms with Crippen molar-refractivity contribution in [1.82, 2.24) is 25.3 Å². The van der Waals surface area contributed by atoms with Crippen LogP contribution in [0.1, 0.15) is 55.2 Å². The molecular formula is C45H49Cl2N5O7. The number of amides is 1. The van der Waals surface area contributed by atoms with Crippen molar-refractivity contribution in [2.75, 3.05) is 33.9 Å². The number of carboxylic acids is 2. The van der Waals surface area contributed by atoms with E-state index in [4.69, 9.17) is 37.8 Å². The average molecular weight is 843 g/mol. The summed E-state index contributed by atoms with van der Waals surface area (Å²) >= 11 is 14.2. The Morgan fingerprint density at radius 3 is 2.42 bits per heavy atom. The van der Waals surface area contributed by atoms with Crippen LogP contribution in [0.5, 0.6) is 11.5 Å². The molecule has 1 saturated heterocycles. The second kappa shape index (κ2) is 18.8. The Labute approximate surface area is 353 Å². The number of methoxy groups -OCH3 is 1. The second-order valence-corrected chi connectivity index (χ2v) is 16.4. The predicted octanol–water partition coefficient (Wildman–Crippen LogP) is 7.89. The predicted molar refractivity (Wildman–Crippen MR) is 228 cm³/mol. The monoisotopic (exact) mass is 841 g/mol. The molecule has 2 fully saturated rings. The molecule has 1 aliphatic heterocycles. The summed E-state index contributed by atoms with van der Waals surface area (Å²) in [6, 6.07) is 21.8. The maximum Gasteiger partial charge on any atom is 0.341 e. The number of benzene rings is 4. The smallest absolute Gasteiger partial charge is 0.341 e. The van der Waals surface area contributed by atoms with Crippen LogP contribution < -0.4 is 20.1 Å². The largest absolute Gasteiger partial charge is 0.496 e. The first-order valence-corrected chi connectivity index (χ1v) is 20.7. The van der Waals surface area contributed by atoms with Crippen LogP contribution in [0.2, 0.25) is 10.0 Å². The maximum atomic E-state index is 11.6. The lowest BCUT2D eigenvalue weighted by Crippen LogP contribution is -2.35. The minimum atomic E-state index is -1.08. The van der Waals surface area contributed by atoms with E-state index in [0.29, 0.717) is 67.2 Å². The molecule has 4 N–H and O–H groups in total. The molecule has 1 aromatic heterocycles. The lowest BCUT2D eigenvalue weighted by atomic mass is 9.82. The number of hydrogen-bond donors (Lipinski definition) is 4. The van der Waals surface area contributed by atoms with Crippen LogP contribution in [0, 0.1) is 11.8 Å². The standard InChI is InChI=1S/C45H49Cl2N5O7/c1-51(23-27-9-11-28(12-10-27)45(56)57)24-32-17-38(46)31(19-41(32)59-26-43(54)55)25-52-39-8-4-6-35(37(39)22-49-52)36-7-3-5-34(44(36)47)29-13-14-30(40(18-29)58-2)20-48-21-33-15-16-42(53)50-33/h3-8,13-14,17-19,22,27-28,33,48H,9-12,15-16,20-21,23-26H2,1-2H3,(H,50,53)(H,54,55)(H,56,57)/t27-,28-,33-/m0/s1. The van der Waals surface area contributed by atoms with Gasteiger partial charge in [0.1, 0.15) is 11.5 Å². The summed E-state index contributed by atoms with van der Waals surface area (Å²) < 4.78 is 13.5. The van der Waals surface area contributed by atoms with Gasteiger partial charge in [0.15, 0.2) is 6.61 Å². The lowest BCUT2D eigenvalue weighted by molar-refractivity contribution is -0.143. The third-order valence-electron chi connectivity index (χ3n) is 11.5. The zero-order chi connectivity index (χ0) is 41.6. The lowest BCUT2D eigenvalue weighted by Gasteiger charge is -2.30. The summed E-state index contributed by atoms with van der Waals surface area (Å²) in [6.45, 7) is 2.36. The molecule has 14 heteroatoms. The van der Waals surface area contributed by atoms with Gasteiger partial charge in [0.25, 0.3) is 0 Å². The molecule has 12 nitrogen and oxygen atoms in total. The number of halogens is 2. The topological polar surface area (TPSA) is 155 Å². The summed E-state index contributed by atoms with van der Waals surface area (Å²) in [5.74, 6) is -0.413. The summed E-state index contributed by atoms with van der Waals surface area (Å²) in [5.41, 5.74) is 6.89. The normalized spacial score (nSPS) is 18.0. The van der Waals surface area contributed by atoms with Crippen LogP contribution in [0.15, 0.2) is 72.9 Å². The van der Waals surface area contributed by atoms with E-state index >= 15 is 0 Å². The van der Waals surface area contributed by atoms with Crippen LogP contribution in [0.25, 0.3) is 33.2 Å². The number of carboxylic acid groups (broad SMARTS) is 2. The van der Waals surface area contributed by atoms with Gasteiger partial charge in [-0.2, -0.15) is 5.10 Å². The van der Waals surface area contributed by atoms with Crippen molar-refractivity contribution in [3.8, 4) is 33.8 Å². The molecule has 1 saturated carbocycles. The molecular weight excluding hydrogens is 793 g/mol. The van der Waals surface area contributed by atoms with E-state index in [1.165, 1.54) is 0 Å². The van der Waals surface area contributed by atoms with Gasteiger partial charge in [-0.15, -0.1) is 0 Å². The average Bonchev–Trinajstić information content (AvgIpc) is 3.84. The number of rotatable bonds is 17. The van der Waals surface area contributed by atoms with E-state index in [9.17, 15) is 24.6 Å². The van der Waals surface area contributed by atoms with Crippen molar-refractivity contribution in [2.45, 2.75) is 64.2 Å². The van der Waals surface area contributed by atoms with Gasteiger partial charge in [-0.25, -0.2) is 4.79 Å². The quantitative estimate of drug-likeness (QED) is 0.0727. The second-order valence-electron chi connectivity index (χ2n) is 15.7. The number of ether oxygens (including phenoxy) is 2. The molecule has 59 heavy (non-hydrogen) atoms. The maximum absolute atomic E-state index is 11.6. The minimum absolute atomic E-state index is 0.0987. The molecule has 2 aliphatic rings. The van der Waals surface area contributed by atoms with Gasteiger partial charge in [0.05, 0.1) is 36.3 Å². The number of aromatic nitrogens is 2. The molecule has 0 unspecified atom stereocenters. The number of hydrogen-bond acceptors (Lipinski definition) is 8. The number of fused-ring (bicyclic) bond motifs is 1. The van der Waals surface area contributed by atoms with Gasteiger partial charge >= 0.3 is 11.9 Å². The van der Waals surface area contributed by atoms with Crippen molar-refractivity contribution in [3.63, 3.8) is 0 Å². The molecule has 0 radical (unpaired) electrons. The molecule has 5 aromatic rings. The fourth-order valence-electron chi connectivity index (χ4n) is 8.40. The van der Waals surface area contributed by atoms with Gasteiger partial charge in [0.2, 0.25) is 5.91 Å². The van der Waals surface area contributed by atoms with Gasteiger partial charge in [0, 0.05) is 71.3 Å². The number of nitrogens with zero attached hydrogens (tertiary/aromatic N) is 3. The summed E-state index contributed by atoms with van der Waals surface area (Å²) in [4.78, 5) is 36.7. The Bertz CT molecular complexity index is 2340. The van der Waals surface area contributed by atoms with Crippen LogP contribution in [0.4, 0.5) is 0 Å². The number of carbonyl (C=O) groups is 3. The Morgan fingerprint density at radius 2 is 1.69 bits per heavy atom. The van der Waals surface area contributed by atoms with Gasteiger partial charge in [-0.05, 0) is 86.0 Å². The van der Waals surface area contributed by atoms with E-state index in [0.717, 1.165) is 81.4 Å². The Morgan fingerprint density at radius 1 is 0.932 bits per heavy atom. The number of aliphatic carboxylic acids is 2. The molecule has 310 valence electrons. The Hall–Kier alpha value is -5.14. The van der Waals surface area contributed by atoms with Crippen LogP contribution >= 0.6 is 23.2 Å². The van der Waals surface area contributed by atoms with E-state index in [2.05, 4.69) is 15.5 Å². The Kier molecular flexibility index (Phi) is 13.4. The fourth-order valence-corrected chi connectivity index (χ4v) is 8.98. The van der Waals surface area contributed by atoms with Crippen molar-refractivity contribution in [1.29, 1.82) is 0 Å². The highest BCUT2D eigenvalue weighted by atomic mass is 35.5. The first-order chi connectivity index (χ1) is 28.5. The highest BCUT2D eigenvalue weighted by Gasteiger charge is 2.27. The third-order valence-corrected chi connectivity index (χ3v) is 12.2. The highest BCUT2D eigenvalue weighted by molar-refractivity contribution is 6.36. The van der Waals surface area contributed by atoms with Crippen LogP contribution in [-0.4, -0.2) is 82.6 Å². The Balaban J connectivity index is 1.09. The zero-order valence-electron chi connectivity index (χ0n) is 33.2. The number of carbonyl (C=O) groups excluding carboxylic acids is 1. The summed E-state index contributed by atoms with van der Waals surface area (Å²) in [7, 11) is 3.65. The van der Waals surface area contributed by atoms with Gasteiger partial charge in [-0.3, -0.25) is 14.3 Å². The van der Waals surface area contributed by atoms with Crippen LogP contribution in [0.3, 0.4) is 0 Å². The van der Waals surface area contributed by atoms with Gasteiger partial charge < -0.3 is 35.2 Å². The summed E-state index contributed by atoms with van der Waals surface area (Å²) in [6.07, 6.45) is 6.29. The molecule has 0 bridgehead atoms. The number of nitrogens with one attached hydrogen (secondary N) is 2. The van der Waals surface area contributed by atoms with Crippen molar-refractivity contribution in [2.24, 2.45) is 11.8 Å². The van der Waals surface area contributed by atoms with E-state index in [-0.39, 0.29) is 17.9 Å². The molecule has 1 aliphatic carbocycles. The molecule has 0 spiro atoms. The third kappa shape index (κ3) is 10.0. The fraction of sp³-hybridized carbons (Fsp3) is 0.378. The van der Waals surface area contributed by atoms with Crippen molar-refractivity contribution < 1.29 is 34.1 Å². The van der Waals surface area contributed by atoms with Crippen LogP contribution in [-0.2, 0) is 34.0 Å². The molecule has 4 aromatic carbocycles. The molecule has 1 amide bonds. The zero-order valence-corrected chi connectivity index (χ0v) is 34.7. The highest BCUT2D eigenvalue weighted by Crippen LogP contribution is 2.41. The van der Waals surface area contributed by atoms with Gasteiger partial charge in [-0.1, -0.05) is 65.7 Å². The van der Waals surface area contributed by atoms with Crippen molar-refractivity contribution in [3.05, 3.63) is 99.7 Å². The van der Waals surface area contributed by atoms with E-state index < -0.39 is 18.5 Å². The van der Waals surface area contributed by atoms with Crippen molar-refractivity contribution >= 4 is 52.0 Å². The summed E-state index contributed by atoms with van der Waals surface area (Å²) in [5, 5.41) is 32.0. The van der Waals surface area contributed by atoms with E-state index in [1.54, 1.807) is 13.2 Å². The molecule has 7 rings (SSSR count). The first kappa shape index (κ1) is 42.0.